The summed E-state index contributed by atoms with van der Waals surface area (Å²) in [5.41, 5.74) is 4.23. The lowest BCUT2D eigenvalue weighted by atomic mass is 10.0. The second-order valence-corrected chi connectivity index (χ2v) is 10.0. The third kappa shape index (κ3) is 44.4. The van der Waals surface area contributed by atoms with Crippen LogP contribution in [0.3, 0.4) is 0 Å². The van der Waals surface area contributed by atoms with E-state index in [-0.39, 0.29) is 31.2 Å². The first-order valence-electron chi connectivity index (χ1n) is 16.0. The molecule has 0 saturated heterocycles. The number of nitrogens with one attached hydrogen (secondary N) is 2. The van der Waals surface area contributed by atoms with Gasteiger partial charge in [-0.05, 0) is 25.7 Å². The summed E-state index contributed by atoms with van der Waals surface area (Å²) in [6.45, 7) is 4.08. The molecule has 12 heteroatoms. The predicted molar refractivity (Wildman–Crippen MR) is 176 cm³/mol. The molecular formula is C31H61B2N3O7. The summed E-state index contributed by atoms with van der Waals surface area (Å²) < 4.78 is 0. The number of aliphatic hydroxyl groups is 1. The van der Waals surface area contributed by atoms with E-state index in [1.165, 1.54) is 71.0 Å². The highest BCUT2D eigenvalue weighted by molar-refractivity contribution is 6.58. The number of hydrogen-bond donors (Lipinski definition) is 5. The van der Waals surface area contributed by atoms with Crippen LogP contribution in [0.25, 0.3) is 0 Å². The molecular weight excluding hydrogens is 548 g/mol. The van der Waals surface area contributed by atoms with E-state index < -0.39 is 17.7 Å². The maximum Gasteiger partial charge on any atom is 0.326 e. The first kappa shape index (κ1) is 47.7. The number of aldehydes is 1. The number of nitrogens with two attached hydrogens (primary N) is 1. The number of carbonyl (C=O) groups is 5. The second kappa shape index (κ2) is 41.9. The van der Waals surface area contributed by atoms with Gasteiger partial charge in [0.1, 0.15) is 12.3 Å². The van der Waals surface area contributed by atoms with E-state index in [1.54, 1.807) is 0 Å². The third-order valence-corrected chi connectivity index (χ3v) is 6.32. The van der Waals surface area contributed by atoms with Crippen LogP contribution >= 0.6 is 0 Å². The van der Waals surface area contributed by atoms with Crippen molar-refractivity contribution in [2.24, 2.45) is 5.73 Å². The third-order valence-electron chi connectivity index (χ3n) is 6.32. The summed E-state index contributed by atoms with van der Waals surface area (Å²) >= 11 is 0. The van der Waals surface area contributed by atoms with Crippen LogP contribution in [0.2, 0.25) is 6.82 Å². The zero-order valence-electron chi connectivity index (χ0n) is 27.4. The predicted octanol–water partition coefficient (Wildman–Crippen LogP) is 4.14. The number of carbonyl (C=O) groups excluding carboxylic acids is 4. The molecule has 10 nitrogen and oxygen atoms in total. The molecule has 0 aromatic heterocycles. The van der Waals surface area contributed by atoms with Gasteiger partial charge in [-0.15, -0.1) is 0 Å². The average molecular weight is 609 g/mol. The summed E-state index contributed by atoms with van der Waals surface area (Å²) in [5, 5.41) is 21.6. The van der Waals surface area contributed by atoms with Crippen molar-refractivity contribution in [1.82, 2.24) is 10.6 Å². The number of aliphatic hydroxyl groups excluding tert-OH is 1. The van der Waals surface area contributed by atoms with Crippen LogP contribution in [0.4, 0.5) is 0 Å². The van der Waals surface area contributed by atoms with Crippen molar-refractivity contribution in [1.29, 1.82) is 0 Å². The lowest BCUT2D eigenvalue weighted by molar-refractivity contribution is -0.142. The van der Waals surface area contributed by atoms with E-state index in [0.717, 1.165) is 51.9 Å². The van der Waals surface area contributed by atoms with Gasteiger partial charge in [0.15, 0.2) is 7.85 Å². The van der Waals surface area contributed by atoms with Gasteiger partial charge in [-0.2, -0.15) is 0 Å². The minimum atomic E-state index is -1.09. The number of unbranched alkanes of at least 4 members (excludes halogenated alkanes) is 15. The first-order chi connectivity index (χ1) is 20.8. The van der Waals surface area contributed by atoms with Crippen LogP contribution in [-0.4, -0.2) is 81.9 Å². The molecule has 248 valence electrons. The molecule has 0 bridgehead atoms. The zero-order chi connectivity index (χ0) is 33.6. The Labute approximate surface area is 264 Å². The highest BCUT2D eigenvalue weighted by atomic mass is 16.4. The Balaban J connectivity index is -0.000000745. The second-order valence-electron chi connectivity index (χ2n) is 10.0. The Hall–Kier alpha value is -2.20. The maximum absolute atomic E-state index is 12.1. The number of carboxylic acid groups (broad SMARTS) is 1. The van der Waals surface area contributed by atoms with Crippen molar-refractivity contribution < 1.29 is 34.2 Å². The standard InChI is InChI=1S/C27H50N2O5.C2H4BNO.CH3B.CH4O/c1-2-3-22-28-25(31)21-20-24(27(33)34)29-26(32)19-17-15-13-11-9-7-5-4-6-8-10-12-14-16-18-23-30;3-2(5)1-4;2*1-2/h23-24H,2-22H2,1H3,(H,28,31)(H,29,32)(H,33,34);1,4H2;1H3;2H,1H3. The van der Waals surface area contributed by atoms with Gasteiger partial charge < -0.3 is 36.2 Å². The molecule has 0 heterocycles. The molecule has 0 saturated carbocycles. The van der Waals surface area contributed by atoms with Gasteiger partial charge in [0.05, 0.1) is 13.5 Å². The van der Waals surface area contributed by atoms with Gasteiger partial charge in [0.2, 0.25) is 11.8 Å². The molecule has 0 rings (SSSR count). The average Bonchev–Trinajstić information content (AvgIpc) is 3.01. The number of carboxylic acids is 1. The highest BCUT2D eigenvalue weighted by Gasteiger charge is 2.20. The molecule has 0 aliphatic heterocycles. The molecule has 1 atom stereocenters. The summed E-state index contributed by atoms with van der Waals surface area (Å²) in [6.07, 6.45) is 20.7. The van der Waals surface area contributed by atoms with Gasteiger partial charge in [-0.1, -0.05) is 97.2 Å². The molecule has 0 fully saturated rings. The van der Waals surface area contributed by atoms with E-state index in [2.05, 4.69) is 26.3 Å². The van der Waals surface area contributed by atoms with E-state index in [1.807, 2.05) is 6.92 Å². The molecule has 4 radical (unpaired) electrons. The molecule has 0 spiro atoms. The van der Waals surface area contributed by atoms with Gasteiger partial charge >= 0.3 is 5.97 Å². The highest BCUT2D eigenvalue weighted by Crippen LogP contribution is 2.13. The maximum atomic E-state index is 12.1. The van der Waals surface area contributed by atoms with E-state index >= 15 is 0 Å². The monoisotopic (exact) mass is 609 g/mol. The van der Waals surface area contributed by atoms with Crippen LogP contribution < -0.4 is 16.4 Å². The Bertz CT molecular complexity index is 657. The fourth-order valence-corrected chi connectivity index (χ4v) is 3.93. The fraction of sp³-hybridized carbons (Fsp3) is 0.839. The van der Waals surface area contributed by atoms with Gasteiger partial charge in [0.25, 0.3) is 0 Å². The van der Waals surface area contributed by atoms with Gasteiger partial charge in [-0.3, -0.25) is 9.59 Å². The number of amides is 2. The summed E-state index contributed by atoms with van der Waals surface area (Å²) in [7, 11) is 10.0. The minimum Gasteiger partial charge on any atom is -0.480 e. The molecule has 43 heavy (non-hydrogen) atoms. The van der Waals surface area contributed by atoms with Crippen molar-refractivity contribution in [3.8, 4) is 0 Å². The van der Waals surface area contributed by atoms with Crippen LogP contribution in [0.5, 0.6) is 0 Å². The van der Waals surface area contributed by atoms with E-state index in [9.17, 15) is 29.1 Å². The lowest BCUT2D eigenvalue weighted by Gasteiger charge is -2.14. The molecule has 2 amide bonds. The first-order valence-corrected chi connectivity index (χ1v) is 16.0. The number of aliphatic carboxylic acids is 1. The summed E-state index contributed by atoms with van der Waals surface area (Å²) in [4.78, 5) is 54.9. The largest absolute Gasteiger partial charge is 0.480 e. The molecule has 0 aromatic carbocycles. The zero-order valence-corrected chi connectivity index (χ0v) is 27.4. The lowest BCUT2D eigenvalue weighted by Crippen LogP contribution is -2.41. The van der Waals surface area contributed by atoms with Crippen LogP contribution in [0, 0.1) is 0 Å². The Kier molecular flexibility index (Phi) is 46.5. The van der Waals surface area contributed by atoms with Crippen LogP contribution in [0.15, 0.2) is 0 Å². The summed E-state index contributed by atoms with van der Waals surface area (Å²) in [5.74, 6) is -1.51. The molecule has 0 aliphatic rings. The van der Waals surface area contributed by atoms with Crippen molar-refractivity contribution in [3.63, 3.8) is 0 Å². The Morgan fingerprint density at radius 2 is 1.16 bits per heavy atom. The SMILES string of the molecule is CCCCNC(=O)CCC(NC(=O)CCCCCCCCCCCCCCCCC=O)C(=O)O.CO.[B]C.[B]C(=O)CN. The fourth-order valence-electron chi connectivity index (χ4n) is 3.93. The topological polar surface area (TPSA) is 176 Å². The molecule has 0 aromatic rings. The van der Waals surface area contributed by atoms with Crippen molar-refractivity contribution in [2.75, 3.05) is 20.2 Å². The van der Waals surface area contributed by atoms with E-state index in [0.29, 0.717) is 19.4 Å². The smallest absolute Gasteiger partial charge is 0.326 e. The van der Waals surface area contributed by atoms with E-state index in [4.69, 9.17) is 10.8 Å². The summed E-state index contributed by atoms with van der Waals surface area (Å²) in [6, 6.07) is -1.01. The van der Waals surface area contributed by atoms with Crippen molar-refractivity contribution in [2.45, 2.75) is 148 Å². The molecule has 1 unspecified atom stereocenters. The molecule has 0 aliphatic carbocycles. The Morgan fingerprint density at radius 3 is 1.53 bits per heavy atom. The quantitative estimate of drug-likeness (QED) is 0.0552. The van der Waals surface area contributed by atoms with Gasteiger partial charge in [-0.25, -0.2) is 4.79 Å². The van der Waals surface area contributed by atoms with Crippen molar-refractivity contribution >= 4 is 45.4 Å². The van der Waals surface area contributed by atoms with Crippen LogP contribution in [0.1, 0.15) is 135 Å². The number of hydrogen-bond acceptors (Lipinski definition) is 7. The number of rotatable bonds is 26. The Morgan fingerprint density at radius 1 is 0.744 bits per heavy atom. The van der Waals surface area contributed by atoms with Gasteiger partial charge in [0, 0.05) is 39.5 Å². The molecule has 6 N–H and O–H groups in total. The van der Waals surface area contributed by atoms with Crippen LogP contribution in [-0.2, 0) is 24.0 Å². The minimum absolute atomic E-state index is 0.0556. The van der Waals surface area contributed by atoms with Crippen molar-refractivity contribution in [3.05, 3.63) is 0 Å². The normalized spacial score (nSPS) is 10.3.